The Balaban J connectivity index is 1.36. The molecule has 0 aromatic heterocycles. The molecule has 0 bridgehead atoms. The van der Waals surface area contributed by atoms with Crippen LogP contribution in [0, 0.1) is 5.92 Å². The van der Waals surface area contributed by atoms with Crippen molar-refractivity contribution in [3.8, 4) is 0 Å². The minimum absolute atomic E-state index is 0.0322. The van der Waals surface area contributed by atoms with Crippen molar-refractivity contribution in [3.05, 3.63) is 71.8 Å². The zero-order valence-corrected chi connectivity index (χ0v) is 17.9. The first-order chi connectivity index (χ1) is 14.5. The van der Waals surface area contributed by atoms with Crippen LogP contribution in [0.2, 0.25) is 0 Å². The van der Waals surface area contributed by atoms with E-state index in [1.807, 2.05) is 65.6 Å². The highest BCUT2D eigenvalue weighted by molar-refractivity contribution is 7.88. The summed E-state index contributed by atoms with van der Waals surface area (Å²) in [6, 6.07) is 19.2. The van der Waals surface area contributed by atoms with E-state index in [0.717, 1.165) is 30.5 Å². The third kappa shape index (κ3) is 4.84. The van der Waals surface area contributed by atoms with E-state index in [2.05, 4.69) is 5.32 Å². The monoisotopic (exact) mass is 427 g/mol. The van der Waals surface area contributed by atoms with Crippen molar-refractivity contribution < 1.29 is 13.2 Å². The fraction of sp³-hybridized carbons (Fsp3) is 0.435. The number of nitrogens with one attached hydrogen (secondary N) is 1. The Labute approximate surface area is 178 Å². The van der Waals surface area contributed by atoms with E-state index in [1.165, 1.54) is 0 Å². The Bertz CT molecular complexity index is 950. The molecular weight excluding hydrogens is 398 g/mol. The normalized spacial score (nSPS) is 22.3. The average molecular weight is 428 g/mol. The molecule has 2 aliphatic heterocycles. The molecule has 6 nitrogen and oxygen atoms in total. The zero-order chi connectivity index (χ0) is 21.0. The van der Waals surface area contributed by atoms with E-state index in [4.69, 9.17) is 0 Å². The molecule has 7 heteroatoms. The zero-order valence-electron chi connectivity index (χ0n) is 17.1. The fourth-order valence-corrected chi connectivity index (χ4v) is 6.19. The molecule has 2 aliphatic rings. The molecule has 2 fully saturated rings. The molecule has 2 heterocycles. The molecule has 160 valence electrons. The summed E-state index contributed by atoms with van der Waals surface area (Å²) in [5.41, 5.74) is 1.88. The van der Waals surface area contributed by atoms with Gasteiger partial charge in [0.25, 0.3) is 0 Å². The Morgan fingerprint density at radius 2 is 1.47 bits per heavy atom. The molecule has 0 radical (unpaired) electrons. The number of hydrogen-bond acceptors (Lipinski definition) is 3. The quantitative estimate of drug-likeness (QED) is 0.797. The Morgan fingerprint density at radius 1 is 0.867 bits per heavy atom. The smallest absolute Gasteiger partial charge is 0.317 e. The van der Waals surface area contributed by atoms with Crippen molar-refractivity contribution in [2.75, 3.05) is 19.6 Å². The van der Waals surface area contributed by atoms with Gasteiger partial charge in [-0.15, -0.1) is 0 Å². The minimum Gasteiger partial charge on any atom is -0.334 e. The minimum atomic E-state index is -3.36. The lowest BCUT2D eigenvalue weighted by atomic mass is 9.96. The van der Waals surface area contributed by atoms with Crippen molar-refractivity contribution in [1.29, 1.82) is 0 Å². The van der Waals surface area contributed by atoms with Crippen LogP contribution in [-0.4, -0.2) is 49.3 Å². The Hall–Kier alpha value is -2.38. The van der Waals surface area contributed by atoms with E-state index >= 15 is 0 Å². The fourth-order valence-electron chi connectivity index (χ4n) is 4.63. The number of benzene rings is 2. The van der Waals surface area contributed by atoms with Crippen molar-refractivity contribution >= 4 is 16.1 Å². The Kier molecular flexibility index (Phi) is 6.39. The first-order valence-electron chi connectivity index (χ1n) is 10.6. The van der Waals surface area contributed by atoms with Crippen LogP contribution in [0.25, 0.3) is 0 Å². The number of carbonyl (C=O) groups is 1. The van der Waals surface area contributed by atoms with Crippen LogP contribution in [0.5, 0.6) is 0 Å². The van der Waals surface area contributed by atoms with E-state index in [9.17, 15) is 13.2 Å². The Morgan fingerprint density at radius 3 is 2.17 bits per heavy atom. The lowest BCUT2D eigenvalue weighted by Crippen LogP contribution is -2.44. The molecule has 2 atom stereocenters. The number of nitrogens with zero attached hydrogens (tertiary/aromatic N) is 2. The highest BCUT2D eigenvalue weighted by Crippen LogP contribution is 2.33. The van der Waals surface area contributed by atoms with Gasteiger partial charge < -0.3 is 10.2 Å². The first kappa shape index (κ1) is 20.9. The maximum absolute atomic E-state index is 12.9. The predicted octanol–water partition coefficient (Wildman–Crippen LogP) is 3.21. The number of sulfonamides is 1. The largest absolute Gasteiger partial charge is 0.334 e. The van der Waals surface area contributed by atoms with E-state index in [1.54, 1.807) is 4.31 Å². The third-order valence-electron chi connectivity index (χ3n) is 6.24. The average Bonchev–Trinajstić information content (AvgIpc) is 3.03. The number of urea groups is 1. The number of likely N-dealkylation sites (tertiary alicyclic amines) is 1. The standard InChI is InChI=1S/C23H29N3O3S/c27-23(24-17-19-7-3-1-4-8-19)26-16-12-21-11-14-25(15-13-22(21)26)30(28,29)18-20-9-5-2-6-10-20/h1-10,21-22H,11-18H2,(H,24,27)/t21-,22+/m1/s1. The number of fused-ring (bicyclic) bond motifs is 1. The van der Waals surface area contributed by atoms with Gasteiger partial charge in [-0.25, -0.2) is 17.5 Å². The second kappa shape index (κ2) is 9.18. The molecular formula is C23H29N3O3S. The van der Waals surface area contributed by atoms with Crippen LogP contribution in [0.15, 0.2) is 60.7 Å². The van der Waals surface area contributed by atoms with Crippen molar-refractivity contribution in [1.82, 2.24) is 14.5 Å². The summed E-state index contributed by atoms with van der Waals surface area (Å²) in [5.74, 6) is 0.397. The molecule has 2 aromatic carbocycles. The second-order valence-corrected chi connectivity index (χ2v) is 10.1. The summed E-state index contributed by atoms with van der Waals surface area (Å²) in [4.78, 5) is 14.7. The molecule has 1 N–H and O–H groups in total. The second-order valence-electron chi connectivity index (χ2n) is 8.17. The lowest BCUT2D eigenvalue weighted by molar-refractivity contribution is 0.182. The van der Waals surface area contributed by atoms with Crippen molar-refractivity contribution in [3.63, 3.8) is 0 Å². The highest BCUT2D eigenvalue weighted by atomic mass is 32.2. The van der Waals surface area contributed by atoms with Gasteiger partial charge >= 0.3 is 6.03 Å². The molecule has 4 rings (SSSR count). The summed E-state index contributed by atoms with van der Waals surface area (Å²) >= 11 is 0. The molecule has 0 aliphatic carbocycles. The lowest BCUT2D eigenvalue weighted by Gasteiger charge is -2.27. The third-order valence-corrected chi connectivity index (χ3v) is 8.09. The molecule has 0 unspecified atom stereocenters. The molecule has 2 saturated heterocycles. The number of rotatable bonds is 5. The molecule has 30 heavy (non-hydrogen) atoms. The van der Waals surface area contributed by atoms with E-state index in [0.29, 0.717) is 32.0 Å². The van der Waals surface area contributed by atoms with Gasteiger partial charge in [0, 0.05) is 32.2 Å². The number of amides is 2. The predicted molar refractivity (Wildman–Crippen MR) is 117 cm³/mol. The SMILES string of the molecule is O=C(NCc1ccccc1)N1CC[C@H]2CCN(S(=O)(=O)Cc3ccccc3)CC[C@@H]21. The molecule has 0 saturated carbocycles. The summed E-state index contributed by atoms with van der Waals surface area (Å²) in [5, 5.41) is 3.02. The highest BCUT2D eigenvalue weighted by Gasteiger charge is 2.40. The van der Waals surface area contributed by atoms with Gasteiger partial charge in [-0.2, -0.15) is 0 Å². The summed E-state index contributed by atoms with van der Waals surface area (Å²) in [6.45, 7) is 2.26. The van der Waals surface area contributed by atoms with Gasteiger partial charge in [0.1, 0.15) is 0 Å². The van der Waals surface area contributed by atoms with Crippen LogP contribution < -0.4 is 5.32 Å². The summed E-state index contributed by atoms with van der Waals surface area (Å²) < 4.78 is 27.5. The van der Waals surface area contributed by atoms with Crippen LogP contribution in [0.3, 0.4) is 0 Å². The van der Waals surface area contributed by atoms with Gasteiger partial charge in [0.05, 0.1) is 5.75 Å². The van der Waals surface area contributed by atoms with E-state index < -0.39 is 10.0 Å². The van der Waals surface area contributed by atoms with Crippen LogP contribution in [0.1, 0.15) is 30.4 Å². The van der Waals surface area contributed by atoms with Gasteiger partial charge in [0.15, 0.2) is 0 Å². The molecule has 2 amide bonds. The van der Waals surface area contributed by atoms with Gasteiger partial charge in [-0.3, -0.25) is 0 Å². The first-order valence-corrected chi connectivity index (χ1v) is 12.2. The van der Waals surface area contributed by atoms with Crippen molar-refractivity contribution in [2.24, 2.45) is 5.92 Å². The van der Waals surface area contributed by atoms with Crippen LogP contribution in [0.4, 0.5) is 4.79 Å². The molecule has 0 spiro atoms. The van der Waals surface area contributed by atoms with Crippen molar-refractivity contribution in [2.45, 2.75) is 37.6 Å². The van der Waals surface area contributed by atoms with Gasteiger partial charge in [-0.05, 0) is 36.3 Å². The summed E-state index contributed by atoms with van der Waals surface area (Å²) in [7, 11) is -3.36. The van der Waals surface area contributed by atoms with Gasteiger partial charge in [0.2, 0.25) is 10.0 Å². The number of hydrogen-bond donors (Lipinski definition) is 1. The maximum atomic E-state index is 12.9. The molecule has 2 aromatic rings. The number of carbonyl (C=O) groups excluding carboxylic acids is 1. The van der Waals surface area contributed by atoms with Gasteiger partial charge in [-0.1, -0.05) is 60.7 Å². The van der Waals surface area contributed by atoms with Crippen LogP contribution in [-0.2, 0) is 22.3 Å². The summed E-state index contributed by atoms with van der Waals surface area (Å²) in [6.07, 6.45) is 2.44. The maximum Gasteiger partial charge on any atom is 0.317 e. The topological polar surface area (TPSA) is 69.7 Å². The van der Waals surface area contributed by atoms with E-state index in [-0.39, 0.29) is 17.8 Å². The van der Waals surface area contributed by atoms with Crippen LogP contribution >= 0.6 is 0 Å².